The Hall–Kier alpha value is -1.88. The van der Waals surface area contributed by atoms with Gasteiger partial charge in [-0.1, -0.05) is 25.3 Å². The predicted octanol–water partition coefficient (Wildman–Crippen LogP) is 2.20. The highest BCUT2D eigenvalue weighted by atomic mass is 16.1. The summed E-state index contributed by atoms with van der Waals surface area (Å²) in [7, 11) is 0. The van der Waals surface area contributed by atoms with Crippen LogP contribution in [0.5, 0.6) is 0 Å². The molecule has 1 saturated carbocycles. The molecule has 0 radical (unpaired) electrons. The molecule has 0 aliphatic heterocycles. The molecule has 5 nitrogen and oxygen atoms in total. The second kappa shape index (κ2) is 6.26. The maximum absolute atomic E-state index is 12.4. The van der Waals surface area contributed by atoms with Crippen LogP contribution in [-0.2, 0) is 0 Å². The molecule has 1 aliphatic rings. The Labute approximate surface area is 124 Å². The first-order chi connectivity index (χ1) is 10.3. The van der Waals surface area contributed by atoms with Crippen molar-refractivity contribution in [1.29, 1.82) is 0 Å². The lowest BCUT2D eigenvalue weighted by atomic mass is 9.84. The molecule has 1 fully saturated rings. The van der Waals surface area contributed by atoms with E-state index in [0.717, 1.165) is 10.9 Å². The van der Waals surface area contributed by atoms with Crippen LogP contribution in [0.2, 0.25) is 0 Å². The van der Waals surface area contributed by atoms with Crippen LogP contribution >= 0.6 is 0 Å². The molecule has 112 valence electrons. The summed E-state index contributed by atoms with van der Waals surface area (Å²) in [6.45, 7) is 0.503. The molecule has 0 bridgehead atoms. The molecular weight excluding hydrogens is 264 g/mol. The van der Waals surface area contributed by atoms with Gasteiger partial charge in [-0.3, -0.25) is 9.89 Å². The largest absolute Gasteiger partial charge is 0.348 e. The second-order valence-corrected chi connectivity index (χ2v) is 5.89. The van der Waals surface area contributed by atoms with Crippen LogP contribution in [-0.4, -0.2) is 28.7 Å². The topological polar surface area (TPSA) is 83.8 Å². The Kier molecular flexibility index (Phi) is 4.20. The van der Waals surface area contributed by atoms with E-state index in [0.29, 0.717) is 18.0 Å². The third kappa shape index (κ3) is 3.08. The number of aromatic nitrogens is 2. The van der Waals surface area contributed by atoms with Gasteiger partial charge in [-0.25, -0.2) is 0 Å². The van der Waals surface area contributed by atoms with Gasteiger partial charge in [0.05, 0.1) is 11.7 Å². The Balaban J connectivity index is 1.71. The minimum Gasteiger partial charge on any atom is -0.348 e. The highest BCUT2D eigenvalue weighted by Gasteiger charge is 2.24. The van der Waals surface area contributed by atoms with E-state index in [1.54, 1.807) is 6.20 Å². The van der Waals surface area contributed by atoms with Gasteiger partial charge in [0.2, 0.25) is 0 Å². The lowest BCUT2D eigenvalue weighted by molar-refractivity contribution is 0.0915. The van der Waals surface area contributed by atoms with Crippen LogP contribution < -0.4 is 11.1 Å². The number of aromatic amines is 1. The first-order valence-corrected chi connectivity index (χ1v) is 7.72. The average molecular weight is 286 g/mol. The van der Waals surface area contributed by atoms with Crippen molar-refractivity contribution in [3.8, 4) is 0 Å². The van der Waals surface area contributed by atoms with Crippen LogP contribution in [0.4, 0.5) is 0 Å². The van der Waals surface area contributed by atoms with E-state index >= 15 is 0 Å². The Morgan fingerprint density at radius 1 is 1.38 bits per heavy atom. The number of benzene rings is 1. The third-order valence-electron chi connectivity index (χ3n) is 4.49. The molecule has 1 aromatic heterocycles. The van der Waals surface area contributed by atoms with E-state index in [2.05, 4.69) is 15.5 Å². The summed E-state index contributed by atoms with van der Waals surface area (Å²) in [5.74, 6) is 0.469. The normalized spacial score (nSPS) is 17.8. The van der Waals surface area contributed by atoms with Gasteiger partial charge in [0.25, 0.3) is 5.91 Å². The lowest BCUT2D eigenvalue weighted by Gasteiger charge is -2.30. The summed E-state index contributed by atoms with van der Waals surface area (Å²) in [6.07, 6.45) is 7.89. The SMILES string of the molecule is NCC(NC(=O)c1ccc2cn[nH]c2c1)C1CCCCC1. The van der Waals surface area contributed by atoms with E-state index in [1.165, 1.54) is 32.1 Å². The van der Waals surface area contributed by atoms with Crippen LogP contribution in [0.3, 0.4) is 0 Å². The molecule has 1 atom stereocenters. The number of carbonyl (C=O) groups is 1. The first kappa shape index (κ1) is 14.1. The van der Waals surface area contributed by atoms with E-state index in [4.69, 9.17) is 5.73 Å². The number of nitrogens with one attached hydrogen (secondary N) is 2. The van der Waals surface area contributed by atoms with Crippen molar-refractivity contribution in [3.05, 3.63) is 30.0 Å². The van der Waals surface area contributed by atoms with Crippen molar-refractivity contribution < 1.29 is 4.79 Å². The fourth-order valence-corrected chi connectivity index (χ4v) is 3.24. The molecule has 2 aromatic rings. The predicted molar refractivity (Wildman–Crippen MR) is 83.0 cm³/mol. The smallest absolute Gasteiger partial charge is 0.251 e. The first-order valence-electron chi connectivity index (χ1n) is 7.72. The quantitative estimate of drug-likeness (QED) is 0.805. The van der Waals surface area contributed by atoms with Crippen LogP contribution in [0.25, 0.3) is 10.9 Å². The van der Waals surface area contributed by atoms with Crippen molar-refractivity contribution in [2.45, 2.75) is 38.1 Å². The van der Waals surface area contributed by atoms with Gasteiger partial charge >= 0.3 is 0 Å². The van der Waals surface area contributed by atoms with Gasteiger partial charge in [0.1, 0.15) is 0 Å². The van der Waals surface area contributed by atoms with E-state index < -0.39 is 0 Å². The van der Waals surface area contributed by atoms with Crippen LogP contribution in [0, 0.1) is 5.92 Å². The molecule has 0 spiro atoms. The number of carbonyl (C=O) groups excluding carboxylic acids is 1. The zero-order valence-electron chi connectivity index (χ0n) is 12.1. The van der Waals surface area contributed by atoms with Gasteiger partial charge in [0, 0.05) is 23.5 Å². The standard InChI is InChI=1S/C16H22N4O/c17-9-15(11-4-2-1-3-5-11)19-16(21)12-6-7-13-10-18-20-14(13)8-12/h6-8,10-11,15H,1-5,9,17H2,(H,18,20)(H,19,21). The Morgan fingerprint density at radius 3 is 2.95 bits per heavy atom. The summed E-state index contributed by atoms with van der Waals surface area (Å²) in [5, 5.41) is 11.0. The molecule has 5 heteroatoms. The van der Waals surface area contributed by atoms with Gasteiger partial charge in [-0.15, -0.1) is 0 Å². The highest BCUT2D eigenvalue weighted by Crippen LogP contribution is 2.26. The van der Waals surface area contributed by atoms with Crippen molar-refractivity contribution in [2.75, 3.05) is 6.54 Å². The van der Waals surface area contributed by atoms with Crippen molar-refractivity contribution >= 4 is 16.8 Å². The van der Waals surface area contributed by atoms with Gasteiger partial charge < -0.3 is 11.1 Å². The fourth-order valence-electron chi connectivity index (χ4n) is 3.24. The average Bonchev–Trinajstić information content (AvgIpc) is 3.00. The van der Waals surface area contributed by atoms with E-state index in [-0.39, 0.29) is 11.9 Å². The summed E-state index contributed by atoms with van der Waals surface area (Å²) in [5.41, 5.74) is 7.41. The molecule has 4 N–H and O–H groups in total. The molecule has 21 heavy (non-hydrogen) atoms. The molecule has 1 aliphatic carbocycles. The van der Waals surface area contributed by atoms with Gasteiger partial charge in [-0.2, -0.15) is 5.10 Å². The number of fused-ring (bicyclic) bond motifs is 1. The maximum Gasteiger partial charge on any atom is 0.251 e. The molecule has 1 unspecified atom stereocenters. The second-order valence-electron chi connectivity index (χ2n) is 5.89. The number of hydrogen-bond acceptors (Lipinski definition) is 3. The number of H-pyrrole nitrogens is 1. The number of amides is 1. The fraction of sp³-hybridized carbons (Fsp3) is 0.500. The monoisotopic (exact) mass is 286 g/mol. The Bertz CT molecular complexity index is 616. The van der Waals surface area contributed by atoms with E-state index in [9.17, 15) is 4.79 Å². The minimum atomic E-state index is -0.0486. The lowest BCUT2D eigenvalue weighted by Crippen LogP contribution is -2.45. The highest BCUT2D eigenvalue weighted by molar-refractivity contribution is 5.97. The number of rotatable bonds is 4. The molecule has 1 heterocycles. The molecule has 1 amide bonds. The van der Waals surface area contributed by atoms with Crippen LogP contribution in [0.15, 0.2) is 24.4 Å². The summed E-state index contributed by atoms with van der Waals surface area (Å²) in [4.78, 5) is 12.4. The molecule has 1 aromatic carbocycles. The van der Waals surface area contributed by atoms with Gasteiger partial charge in [-0.05, 0) is 30.9 Å². The summed E-state index contributed by atoms with van der Waals surface area (Å²) in [6, 6.07) is 5.66. The van der Waals surface area contributed by atoms with Crippen LogP contribution in [0.1, 0.15) is 42.5 Å². The third-order valence-corrected chi connectivity index (χ3v) is 4.49. The van der Waals surface area contributed by atoms with Gasteiger partial charge in [0.15, 0.2) is 0 Å². The maximum atomic E-state index is 12.4. The molecular formula is C16H22N4O. The molecule has 3 rings (SSSR count). The zero-order valence-corrected chi connectivity index (χ0v) is 12.1. The van der Waals surface area contributed by atoms with Crippen molar-refractivity contribution in [2.24, 2.45) is 11.7 Å². The number of hydrogen-bond donors (Lipinski definition) is 3. The molecule has 0 saturated heterocycles. The summed E-state index contributed by atoms with van der Waals surface area (Å²) < 4.78 is 0. The van der Waals surface area contributed by atoms with Crippen molar-refractivity contribution in [3.63, 3.8) is 0 Å². The Morgan fingerprint density at radius 2 is 2.19 bits per heavy atom. The minimum absolute atomic E-state index is 0.0486. The number of nitrogens with two attached hydrogens (primary N) is 1. The number of nitrogens with zero attached hydrogens (tertiary/aromatic N) is 1. The van der Waals surface area contributed by atoms with Crippen molar-refractivity contribution in [1.82, 2.24) is 15.5 Å². The summed E-state index contributed by atoms with van der Waals surface area (Å²) >= 11 is 0. The zero-order chi connectivity index (χ0) is 14.7. The van der Waals surface area contributed by atoms with E-state index in [1.807, 2.05) is 18.2 Å².